The fraction of sp³-hybridized carbons (Fsp3) is 0.200. The molecule has 12 heteroatoms. The Labute approximate surface area is 182 Å². The van der Waals surface area contributed by atoms with Crippen molar-refractivity contribution >= 4 is 26.8 Å². The lowest BCUT2D eigenvalue weighted by Gasteiger charge is -2.14. The summed E-state index contributed by atoms with van der Waals surface area (Å²) < 4.78 is 57.8. The number of benzene rings is 2. The molecule has 0 bridgehead atoms. The molecule has 3 heterocycles. The molecular formula is C20H18N4O7S. The number of methoxy groups -OCH3 is 2. The van der Waals surface area contributed by atoms with Crippen LogP contribution in [0, 0.1) is 0 Å². The van der Waals surface area contributed by atoms with Crippen molar-refractivity contribution in [3.8, 4) is 23.0 Å². The number of aromatic nitrogens is 3. The first-order chi connectivity index (χ1) is 15.5. The molecule has 166 valence electrons. The number of nitrogens with zero attached hydrogens (tertiary/aromatic N) is 3. The normalized spacial score (nSPS) is 12.8. The predicted octanol–water partition coefficient (Wildman–Crippen LogP) is 2.62. The maximum absolute atomic E-state index is 13.2. The second-order valence-electron chi connectivity index (χ2n) is 6.81. The highest BCUT2D eigenvalue weighted by molar-refractivity contribution is 7.93. The maximum atomic E-state index is 13.2. The summed E-state index contributed by atoms with van der Waals surface area (Å²) >= 11 is 0. The lowest BCUT2D eigenvalue weighted by Crippen LogP contribution is -2.15. The Balaban J connectivity index is 1.59. The van der Waals surface area contributed by atoms with Gasteiger partial charge in [0.1, 0.15) is 16.9 Å². The van der Waals surface area contributed by atoms with Crippen LogP contribution in [-0.4, -0.2) is 44.4 Å². The molecule has 2 aromatic heterocycles. The molecule has 0 radical (unpaired) electrons. The lowest BCUT2D eigenvalue weighted by atomic mass is 10.1. The number of hydrogen-bond donors (Lipinski definition) is 1. The van der Waals surface area contributed by atoms with Gasteiger partial charge >= 0.3 is 0 Å². The molecule has 1 N–H and O–H groups in total. The van der Waals surface area contributed by atoms with Crippen molar-refractivity contribution in [1.82, 2.24) is 14.9 Å². The minimum absolute atomic E-state index is 0.0156. The van der Waals surface area contributed by atoms with E-state index in [-0.39, 0.29) is 29.0 Å². The third-order valence-corrected chi connectivity index (χ3v) is 6.33. The van der Waals surface area contributed by atoms with E-state index in [1.807, 2.05) is 12.3 Å². The molecule has 2 aromatic carbocycles. The van der Waals surface area contributed by atoms with Crippen molar-refractivity contribution in [2.45, 2.75) is 11.4 Å². The Morgan fingerprint density at radius 1 is 1.12 bits per heavy atom. The van der Waals surface area contributed by atoms with E-state index in [0.717, 1.165) is 5.56 Å². The fourth-order valence-corrected chi connectivity index (χ4v) is 4.89. The van der Waals surface area contributed by atoms with E-state index in [1.165, 1.54) is 26.4 Å². The van der Waals surface area contributed by atoms with Gasteiger partial charge in [0.25, 0.3) is 10.0 Å². The average molecular weight is 458 g/mol. The van der Waals surface area contributed by atoms with E-state index in [9.17, 15) is 8.42 Å². The van der Waals surface area contributed by atoms with Gasteiger partial charge in [-0.2, -0.15) is 5.10 Å². The molecule has 0 amide bonds. The van der Waals surface area contributed by atoms with Crippen molar-refractivity contribution in [3.63, 3.8) is 0 Å². The quantitative estimate of drug-likeness (QED) is 0.444. The molecule has 32 heavy (non-hydrogen) atoms. The molecule has 5 rings (SSSR count). The highest BCUT2D eigenvalue weighted by Crippen LogP contribution is 2.46. The zero-order valence-electron chi connectivity index (χ0n) is 17.1. The zero-order chi connectivity index (χ0) is 22.3. The van der Waals surface area contributed by atoms with Crippen LogP contribution < -0.4 is 23.7 Å². The molecule has 0 spiro atoms. The van der Waals surface area contributed by atoms with Crippen LogP contribution in [0.5, 0.6) is 23.0 Å². The summed E-state index contributed by atoms with van der Waals surface area (Å²) in [5, 5.41) is 8.47. The minimum Gasteiger partial charge on any atom is -0.495 e. The fourth-order valence-electron chi connectivity index (χ4n) is 3.56. The standard InChI is InChI=1S/C20H18N4O7S/c1-27-13-5-3-6-14(28-2)19(13)32(25,26)23-20-16-15(31-22-20)9-12(10-24-8-4-7-21-24)17-18(16)30-11-29-17/h3-9H,10-11H2,1-2H3,(H,22,23). The van der Waals surface area contributed by atoms with Crippen molar-refractivity contribution in [2.24, 2.45) is 0 Å². The van der Waals surface area contributed by atoms with Crippen LogP contribution in [0.15, 0.2) is 52.1 Å². The number of anilines is 1. The number of rotatable bonds is 7. The molecule has 0 atom stereocenters. The molecular weight excluding hydrogens is 440 g/mol. The van der Waals surface area contributed by atoms with Gasteiger partial charge in [-0.15, -0.1) is 0 Å². The number of nitrogens with one attached hydrogen (secondary N) is 1. The number of fused-ring (bicyclic) bond motifs is 3. The third kappa shape index (κ3) is 3.24. The van der Waals surface area contributed by atoms with Crippen LogP contribution in [-0.2, 0) is 16.6 Å². The second kappa shape index (κ2) is 7.64. The zero-order valence-corrected chi connectivity index (χ0v) is 17.9. The second-order valence-corrected chi connectivity index (χ2v) is 8.42. The smallest absolute Gasteiger partial charge is 0.270 e. The highest BCUT2D eigenvalue weighted by Gasteiger charge is 2.31. The van der Waals surface area contributed by atoms with Crippen LogP contribution in [0.3, 0.4) is 0 Å². The Hall–Kier alpha value is -3.93. The van der Waals surface area contributed by atoms with Crippen molar-refractivity contribution < 1.29 is 31.9 Å². The summed E-state index contributed by atoms with van der Waals surface area (Å²) in [5.74, 6) is 1.02. The molecule has 1 aliphatic rings. The topological polar surface area (TPSA) is 127 Å². The first-order valence-corrected chi connectivity index (χ1v) is 10.9. The van der Waals surface area contributed by atoms with E-state index >= 15 is 0 Å². The summed E-state index contributed by atoms with van der Waals surface area (Å²) in [6.45, 7) is 0.396. The van der Waals surface area contributed by atoms with Gasteiger partial charge in [0.2, 0.25) is 6.79 Å². The van der Waals surface area contributed by atoms with E-state index in [0.29, 0.717) is 29.0 Å². The molecule has 0 aliphatic carbocycles. The summed E-state index contributed by atoms with van der Waals surface area (Å²) in [4.78, 5) is -0.162. The number of sulfonamides is 1. The van der Waals surface area contributed by atoms with Crippen molar-refractivity contribution in [1.29, 1.82) is 0 Å². The molecule has 0 saturated heterocycles. The summed E-state index contributed by atoms with van der Waals surface area (Å²) in [6, 6.07) is 8.20. The van der Waals surface area contributed by atoms with Crippen LogP contribution in [0.25, 0.3) is 11.0 Å². The maximum Gasteiger partial charge on any atom is 0.270 e. The number of hydrogen-bond acceptors (Lipinski definition) is 9. The van der Waals surface area contributed by atoms with Crippen LogP contribution in [0.2, 0.25) is 0 Å². The van der Waals surface area contributed by atoms with Gasteiger partial charge in [0.05, 0.1) is 20.8 Å². The van der Waals surface area contributed by atoms with Gasteiger partial charge in [-0.3, -0.25) is 9.40 Å². The van der Waals surface area contributed by atoms with Gasteiger partial charge in [-0.25, -0.2) is 8.42 Å². The van der Waals surface area contributed by atoms with Crippen molar-refractivity contribution in [3.05, 3.63) is 48.3 Å². The Morgan fingerprint density at radius 2 is 1.88 bits per heavy atom. The van der Waals surface area contributed by atoms with Crippen LogP contribution >= 0.6 is 0 Å². The van der Waals surface area contributed by atoms with Crippen LogP contribution in [0.4, 0.5) is 5.82 Å². The van der Waals surface area contributed by atoms with E-state index in [4.69, 9.17) is 23.5 Å². The first-order valence-electron chi connectivity index (χ1n) is 9.44. The van der Waals surface area contributed by atoms with Gasteiger partial charge in [0.15, 0.2) is 27.8 Å². The third-order valence-electron chi connectivity index (χ3n) is 4.93. The van der Waals surface area contributed by atoms with E-state index in [2.05, 4.69) is 15.0 Å². The Morgan fingerprint density at radius 3 is 2.56 bits per heavy atom. The average Bonchev–Trinajstić information content (AvgIpc) is 3.54. The lowest BCUT2D eigenvalue weighted by molar-refractivity contribution is 0.174. The van der Waals surface area contributed by atoms with Gasteiger partial charge in [0, 0.05) is 18.0 Å². The minimum atomic E-state index is -4.16. The number of ether oxygens (including phenoxy) is 4. The van der Waals surface area contributed by atoms with Crippen molar-refractivity contribution in [2.75, 3.05) is 25.7 Å². The van der Waals surface area contributed by atoms with Crippen LogP contribution in [0.1, 0.15) is 5.56 Å². The van der Waals surface area contributed by atoms with Gasteiger partial charge in [-0.1, -0.05) is 11.2 Å². The summed E-state index contributed by atoms with van der Waals surface area (Å²) in [6.07, 6.45) is 3.48. The van der Waals surface area contributed by atoms with Gasteiger partial charge < -0.3 is 23.5 Å². The summed E-state index contributed by atoms with van der Waals surface area (Å²) in [5.41, 5.74) is 1.09. The first kappa shape index (κ1) is 20.0. The molecule has 0 fully saturated rings. The monoisotopic (exact) mass is 458 g/mol. The summed E-state index contributed by atoms with van der Waals surface area (Å²) in [7, 11) is -1.41. The largest absolute Gasteiger partial charge is 0.495 e. The molecule has 1 aliphatic heterocycles. The van der Waals surface area contributed by atoms with Gasteiger partial charge in [-0.05, 0) is 24.3 Å². The molecule has 0 saturated carbocycles. The van der Waals surface area contributed by atoms with E-state index < -0.39 is 10.0 Å². The SMILES string of the molecule is COc1cccc(OC)c1S(=O)(=O)Nc1noc2cc(Cn3cccn3)c3c(c12)OCO3. The Bertz CT molecular complexity index is 1380. The molecule has 0 unspecified atom stereocenters. The Kier molecular flexibility index (Phi) is 4.78. The molecule has 4 aromatic rings. The predicted molar refractivity (Wildman–Crippen MR) is 112 cm³/mol. The van der Waals surface area contributed by atoms with E-state index in [1.54, 1.807) is 23.0 Å². The molecule has 11 nitrogen and oxygen atoms in total. The highest BCUT2D eigenvalue weighted by atomic mass is 32.2.